The van der Waals surface area contributed by atoms with Gasteiger partial charge in [0.05, 0.1) is 0 Å². The Hall–Kier alpha value is -1.35. The largest absolute Gasteiger partial charge is 0.358 e. The van der Waals surface area contributed by atoms with E-state index in [1.54, 1.807) is 6.07 Å². The molecule has 2 aromatic rings. The van der Waals surface area contributed by atoms with E-state index in [4.69, 9.17) is 0 Å². The molecule has 0 saturated carbocycles. The van der Waals surface area contributed by atoms with E-state index in [1.807, 2.05) is 13.0 Å². The molecule has 1 N–H and O–H groups in total. The normalized spacial score (nSPS) is 16.7. The smallest absolute Gasteiger partial charge is 0.128 e. The van der Waals surface area contributed by atoms with Gasteiger partial charge in [0.1, 0.15) is 5.82 Å². The number of hydrogen-bond acceptors (Lipinski definition) is 1. The quantitative estimate of drug-likeness (QED) is 0.720. The summed E-state index contributed by atoms with van der Waals surface area (Å²) in [6, 6.07) is 3.57. The van der Waals surface area contributed by atoms with Crippen LogP contribution in [-0.2, 0) is 13.0 Å². The fourth-order valence-corrected chi connectivity index (χ4v) is 2.48. The number of halogens is 1. The number of rotatable bonds is 0. The molecule has 0 aliphatic carbocycles. The van der Waals surface area contributed by atoms with Gasteiger partial charge < -0.3 is 9.88 Å². The van der Waals surface area contributed by atoms with E-state index in [0.717, 1.165) is 30.6 Å². The van der Waals surface area contributed by atoms with Gasteiger partial charge >= 0.3 is 0 Å². The molecular weight excluding hydrogens is 203 g/mol. The molecule has 1 aromatic heterocycles. The number of aromatic amines is 1. The zero-order chi connectivity index (χ0) is 11.3. The van der Waals surface area contributed by atoms with Crippen LogP contribution in [0.5, 0.6) is 0 Å². The zero-order valence-electron chi connectivity index (χ0n) is 9.60. The first kappa shape index (κ1) is 9.85. The van der Waals surface area contributed by atoms with Gasteiger partial charge in [-0.25, -0.2) is 4.39 Å². The van der Waals surface area contributed by atoms with Crippen LogP contribution in [0.1, 0.15) is 16.8 Å². The van der Waals surface area contributed by atoms with Crippen LogP contribution in [0.4, 0.5) is 4.39 Å². The summed E-state index contributed by atoms with van der Waals surface area (Å²) in [6.07, 6.45) is 1.03. The first-order valence-electron chi connectivity index (χ1n) is 5.63. The summed E-state index contributed by atoms with van der Waals surface area (Å²) in [5.74, 6) is -0.126. The lowest BCUT2D eigenvalue weighted by Gasteiger charge is -2.22. The van der Waals surface area contributed by atoms with Gasteiger partial charge in [-0.05, 0) is 37.2 Å². The predicted molar refractivity (Wildman–Crippen MR) is 63.0 cm³/mol. The van der Waals surface area contributed by atoms with Crippen molar-refractivity contribution >= 4 is 10.9 Å². The number of hydrogen-bond donors (Lipinski definition) is 1. The van der Waals surface area contributed by atoms with Crippen molar-refractivity contribution in [2.24, 2.45) is 0 Å². The van der Waals surface area contributed by atoms with E-state index >= 15 is 0 Å². The van der Waals surface area contributed by atoms with Crippen molar-refractivity contribution in [3.8, 4) is 0 Å². The van der Waals surface area contributed by atoms with Gasteiger partial charge in [-0.15, -0.1) is 0 Å². The molecule has 3 heteroatoms. The highest BCUT2D eigenvalue weighted by atomic mass is 19.1. The first-order valence-corrected chi connectivity index (χ1v) is 5.63. The molecule has 0 radical (unpaired) electrons. The molecule has 2 nitrogen and oxygen atoms in total. The molecule has 2 heterocycles. The van der Waals surface area contributed by atoms with Crippen molar-refractivity contribution in [3.05, 3.63) is 34.8 Å². The van der Waals surface area contributed by atoms with E-state index in [9.17, 15) is 4.39 Å². The maximum atomic E-state index is 13.5. The lowest BCUT2D eigenvalue weighted by atomic mass is 10.0. The van der Waals surface area contributed by atoms with Crippen molar-refractivity contribution in [1.82, 2.24) is 9.88 Å². The van der Waals surface area contributed by atoms with Crippen molar-refractivity contribution in [2.45, 2.75) is 19.9 Å². The molecule has 84 valence electrons. The monoisotopic (exact) mass is 218 g/mol. The summed E-state index contributed by atoms with van der Waals surface area (Å²) in [5, 5.41) is 1.18. The average molecular weight is 218 g/mol. The molecule has 16 heavy (non-hydrogen) atoms. The fourth-order valence-electron chi connectivity index (χ4n) is 2.48. The van der Waals surface area contributed by atoms with Crippen LogP contribution in [0.3, 0.4) is 0 Å². The first-order chi connectivity index (χ1) is 7.65. The van der Waals surface area contributed by atoms with Gasteiger partial charge in [0.2, 0.25) is 0 Å². The van der Waals surface area contributed by atoms with E-state index in [0.29, 0.717) is 0 Å². The number of nitrogens with one attached hydrogen (secondary N) is 1. The van der Waals surface area contributed by atoms with Gasteiger partial charge in [-0.2, -0.15) is 0 Å². The highest BCUT2D eigenvalue weighted by molar-refractivity contribution is 5.85. The molecule has 1 aliphatic heterocycles. The Kier molecular flexibility index (Phi) is 2.04. The van der Waals surface area contributed by atoms with Crippen LogP contribution >= 0.6 is 0 Å². The fraction of sp³-hybridized carbons (Fsp3) is 0.385. The maximum absolute atomic E-state index is 13.5. The second-order valence-corrected chi connectivity index (χ2v) is 4.72. The number of aromatic nitrogens is 1. The third-order valence-corrected chi connectivity index (χ3v) is 3.45. The minimum atomic E-state index is -0.126. The molecule has 0 bridgehead atoms. The minimum absolute atomic E-state index is 0.126. The molecule has 3 rings (SSSR count). The Bertz CT molecular complexity index is 557. The second-order valence-electron chi connectivity index (χ2n) is 4.72. The Balaban J connectivity index is 2.27. The van der Waals surface area contributed by atoms with E-state index in [-0.39, 0.29) is 5.82 Å². The lowest BCUT2D eigenvalue weighted by Crippen LogP contribution is -2.25. The molecule has 1 aliphatic rings. The zero-order valence-corrected chi connectivity index (χ0v) is 9.60. The number of aryl methyl sites for hydroxylation is 1. The summed E-state index contributed by atoms with van der Waals surface area (Å²) in [7, 11) is 2.12. The van der Waals surface area contributed by atoms with Crippen LogP contribution in [0.2, 0.25) is 0 Å². The third kappa shape index (κ3) is 1.35. The van der Waals surface area contributed by atoms with Gasteiger partial charge in [-0.1, -0.05) is 0 Å². The van der Waals surface area contributed by atoms with Gasteiger partial charge in [-0.3, -0.25) is 0 Å². The van der Waals surface area contributed by atoms with E-state index in [1.165, 1.54) is 16.6 Å². The maximum Gasteiger partial charge on any atom is 0.128 e. The van der Waals surface area contributed by atoms with Crippen LogP contribution in [0.25, 0.3) is 10.9 Å². The summed E-state index contributed by atoms with van der Waals surface area (Å²) >= 11 is 0. The topological polar surface area (TPSA) is 19.0 Å². The van der Waals surface area contributed by atoms with Gasteiger partial charge in [0, 0.05) is 36.1 Å². The molecule has 1 aromatic carbocycles. The Morgan fingerprint density at radius 1 is 1.38 bits per heavy atom. The van der Waals surface area contributed by atoms with Crippen molar-refractivity contribution < 1.29 is 4.39 Å². The third-order valence-electron chi connectivity index (χ3n) is 3.45. The number of fused-ring (bicyclic) bond motifs is 3. The highest BCUT2D eigenvalue weighted by Crippen LogP contribution is 2.28. The molecule has 0 amide bonds. The van der Waals surface area contributed by atoms with Crippen molar-refractivity contribution in [2.75, 3.05) is 13.6 Å². The highest BCUT2D eigenvalue weighted by Gasteiger charge is 2.18. The van der Waals surface area contributed by atoms with Crippen LogP contribution in [0, 0.1) is 12.7 Å². The number of benzene rings is 1. The summed E-state index contributed by atoms with van der Waals surface area (Å²) in [4.78, 5) is 5.64. The molecule has 0 spiro atoms. The number of H-pyrrole nitrogens is 1. The molecule has 0 saturated heterocycles. The Labute approximate surface area is 94.1 Å². The summed E-state index contributed by atoms with van der Waals surface area (Å²) < 4.78 is 13.5. The standard InChI is InChI=1S/C13H15FN2/c1-8-5-9-10-7-16(2)4-3-12(10)15-13(9)6-11(8)14/h5-6,15H,3-4,7H2,1-2H3. The lowest BCUT2D eigenvalue weighted by molar-refractivity contribution is 0.313. The van der Waals surface area contributed by atoms with Crippen molar-refractivity contribution in [1.29, 1.82) is 0 Å². The summed E-state index contributed by atoms with van der Waals surface area (Å²) in [6.45, 7) is 3.85. The molecule has 0 unspecified atom stereocenters. The molecular formula is C13H15FN2. The molecule has 0 atom stereocenters. The van der Waals surface area contributed by atoms with Gasteiger partial charge in [0.25, 0.3) is 0 Å². The van der Waals surface area contributed by atoms with Crippen molar-refractivity contribution in [3.63, 3.8) is 0 Å². The minimum Gasteiger partial charge on any atom is -0.358 e. The SMILES string of the molecule is Cc1cc2c3c([nH]c2cc1F)CCN(C)C3. The van der Waals surface area contributed by atoms with Crippen LogP contribution in [-0.4, -0.2) is 23.5 Å². The second kappa shape index (κ2) is 3.32. The van der Waals surface area contributed by atoms with E-state index in [2.05, 4.69) is 16.9 Å². The molecule has 0 fully saturated rings. The van der Waals surface area contributed by atoms with Gasteiger partial charge in [0.15, 0.2) is 0 Å². The van der Waals surface area contributed by atoms with E-state index < -0.39 is 0 Å². The Morgan fingerprint density at radius 3 is 3.00 bits per heavy atom. The summed E-state index contributed by atoms with van der Waals surface area (Å²) in [5.41, 5.74) is 4.27. The van der Waals surface area contributed by atoms with Crippen LogP contribution in [0.15, 0.2) is 12.1 Å². The number of nitrogens with zero attached hydrogens (tertiary/aromatic N) is 1. The number of likely N-dealkylation sites (N-methyl/N-ethyl adjacent to an activating group) is 1. The van der Waals surface area contributed by atoms with Crippen LogP contribution < -0.4 is 0 Å². The Morgan fingerprint density at radius 2 is 2.19 bits per heavy atom. The average Bonchev–Trinajstić information content (AvgIpc) is 2.57. The predicted octanol–water partition coefficient (Wildman–Crippen LogP) is 2.60.